The van der Waals surface area contributed by atoms with E-state index in [0.29, 0.717) is 6.54 Å². The first-order valence-electron chi connectivity index (χ1n) is 6.65. The molecule has 0 spiro atoms. The minimum absolute atomic E-state index is 0.0235. The Morgan fingerprint density at radius 3 is 2.57 bits per heavy atom. The van der Waals surface area contributed by atoms with Gasteiger partial charge in [-0.15, -0.1) is 0 Å². The maximum Gasteiger partial charge on any atom is 0.244 e. The molecule has 3 N–H and O–H groups in total. The molecule has 1 heterocycles. The van der Waals surface area contributed by atoms with Crippen LogP contribution in [0.25, 0.3) is 0 Å². The fraction of sp³-hybridized carbons (Fsp3) is 0.538. The Hall–Kier alpha value is -1.67. The van der Waals surface area contributed by atoms with Crippen LogP contribution in [0.1, 0.15) is 27.7 Å². The van der Waals surface area contributed by atoms with E-state index >= 15 is 0 Å². The number of amides is 1. The van der Waals surface area contributed by atoms with Crippen LogP contribution in [0.4, 0.5) is 5.82 Å². The lowest BCUT2D eigenvalue weighted by atomic mass is 10.1. The third-order valence-electron chi connectivity index (χ3n) is 2.34. The van der Waals surface area contributed by atoms with Crippen molar-refractivity contribution in [2.45, 2.75) is 38.1 Å². The zero-order valence-electron chi connectivity index (χ0n) is 12.7. The van der Waals surface area contributed by atoms with Crippen LogP contribution in [0.5, 0.6) is 0 Å². The van der Waals surface area contributed by atoms with Crippen LogP contribution in [0.15, 0.2) is 23.2 Å². The molecule has 1 amide bonds. The molecule has 0 aliphatic rings. The summed E-state index contributed by atoms with van der Waals surface area (Å²) < 4.78 is 26.7. The predicted molar refractivity (Wildman–Crippen MR) is 81.5 cm³/mol. The Morgan fingerprint density at radius 1 is 1.33 bits per heavy atom. The summed E-state index contributed by atoms with van der Waals surface area (Å²) in [4.78, 5) is 15.7. The first kappa shape index (κ1) is 17.4. The first-order valence-corrected chi connectivity index (χ1v) is 8.13. The second kappa shape index (κ2) is 6.86. The van der Waals surface area contributed by atoms with E-state index < -0.39 is 15.6 Å². The second-order valence-corrected chi connectivity index (χ2v) is 7.24. The molecule has 0 bridgehead atoms. The Kier molecular flexibility index (Phi) is 5.68. The van der Waals surface area contributed by atoms with Gasteiger partial charge in [-0.25, -0.2) is 18.1 Å². The van der Waals surface area contributed by atoms with E-state index in [0.717, 1.165) is 0 Å². The number of sulfonamides is 1. The van der Waals surface area contributed by atoms with E-state index in [2.05, 4.69) is 20.3 Å². The average Bonchev–Trinajstić information content (AvgIpc) is 2.35. The largest absolute Gasteiger partial charge is 0.369 e. The summed E-state index contributed by atoms with van der Waals surface area (Å²) in [5.74, 6) is -0.122. The SMILES string of the molecule is CCNc1ncccc1S(=O)(=O)NCC(=O)NC(C)(C)C. The molecule has 0 radical (unpaired) electrons. The van der Waals surface area contributed by atoms with Gasteiger partial charge >= 0.3 is 0 Å². The number of hydrogen-bond acceptors (Lipinski definition) is 5. The monoisotopic (exact) mass is 314 g/mol. The van der Waals surface area contributed by atoms with Crippen LogP contribution in [-0.2, 0) is 14.8 Å². The zero-order chi connectivity index (χ0) is 16.1. The lowest BCUT2D eigenvalue weighted by Crippen LogP contribution is -2.45. The first-order chi connectivity index (χ1) is 9.65. The zero-order valence-corrected chi connectivity index (χ0v) is 13.5. The fourth-order valence-electron chi connectivity index (χ4n) is 1.61. The van der Waals surface area contributed by atoms with Crippen LogP contribution in [0, 0.1) is 0 Å². The van der Waals surface area contributed by atoms with Gasteiger partial charge in [0.05, 0.1) is 6.54 Å². The van der Waals surface area contributed by atoms with Crippen molar-refractivity contribution < 1.29 is 13.2 Å². The molecule has 8 heteroatoms. The van der Waals surface area contributed by atoms with Gasteiger partial charge in [0.15, 0.2) is 0 Å². The van der Waals surface area contributed by atoms with Crippen LogP contribution < -0.4 is 15.4 Å². The van der Waals surface area contributed by atoms with Gasteiger partial charge in [0.1, 0.15) is 10.7 Å². The molecule has 1 aromatic heterocycles. The Bertz CT molecular complexity index is 594. The van der Waals surface area contributed by atoms with Crippen LogP contribution >= 0.6 is 0 Å². The van der Waals surface area contributed by atoms with E-state index in [9.17, 15) is 13.2 Å². The number of rotatable bonds is 6. The lowest BCUT2D eigenvalue weighted by Gasteiger charge is -2.20. The number of nitrogens with one attached hydrogen (secondary N) is 3. The number of nitrogens with zero attached hydrogens (tertiary/aromatic N) is 1. The molecule has 1 aromatic rings. The molecule has 0 aliphatic carbocycles. The smallest absolute Gasteiger partial charge is 0.244 e. The topological polar surface area (TPSA) is 100 Å². The number of anilines is 1. The van der Waals surface area contributed by atoms with Crippen LogP contribution in [0.3, 0.4) is 0 Å². The van der Waals surface area contributed by atoms with E-state index in [1.807, 2.05) is 27.7 Å². The highest BCUT2D eigenvalue weighted by Crippen LogP contribution is 2.17. The molecule has 7 nitrogen and oxygen atoms in total. The summed E-state index contributed by atoms with van der Waals surface area (Å²) in [5, 5.41) is 5.56. The highest BCUT2D eigenvalue weighted by atomic mass is 32.2. The number of hydrogen-bond donors (Lipinski definition) is 3. The molecule has 21 heavy (non-hydrogen) atoms. The van der Waals surface area contributed by atoms with E-state index in [4.69, 9.17) is 0 Å². The van der Waals surface area contributed by atoms with Gasteiger partial charge < -0.3 is 10.6 Å². The van der Waals surface area contributed by atoms with Crippen molar-refractivity contribution in [2.75, 3.05) is 18.4 Å². The summed E-state index contributed by atoms with van der Waals surface area (Å²) >= 11 is 0. The normalized spacial score (nSPS) is 12.0. The third-order valence-corrected chi connectivity index (χ3v) is 3.77. The highest BCUT2D eigenvalue weighted by Gasteiger charge is 2.21. The highest BCUT2D eigenvalue weighted by molar-refractivity contribution is 7.89. The molecule has 0 unspecified atom stereocenters. The minimum Gasteiger partial charge on any atom is -0.369 e. The minimum atomic E-state index is -3.80. The van der Waals surface area contributed by atoms with Crippen molar-refractivity contribution >= 4 is 21.7 Å². The van der Waals surface area contributed by atoms with Gasteiger partial charge in [0.2, 0.25) is 15.9 Å². The summed E-state index contributed by atoms with van der Waals surface area (Å²) in [5.41, 5.74) is -0.411. The molecular formula is C13H22N4O3S. The quantitative estimate of drug-likeness (QED) is 0.718. The second-order valence-electron chi connectivity index (χ2n) is 5.50. The van der Waals surface area contributed by atoms with Crippen LogP contribution in [-0.4, -0.2) is 37.9 Å². The van der Waals surface area contributed by atoms with Gasteiger partial charge in [-0.2, -0.15) is 0 Å². The van der Waals surface area contributed by atoms with E-state index in [-0.39, 0.29) is 23.2 Å². The van der Waals surface area contributed by atoms with Crippen LogP contribution in [0.2, 0.25) is 0 Å². The molecule has 0 atom stereocenters. The summed E-state index contributed by atoms with van der Waals surface area (Å²) in [6.07, 6.45) is 1.50. The molecular weight excluding hydrogens is 292 g/mol. The number of carbonyl (C=O) groups is 1. The van der Waals surface area contributed by atoms with Crippen molar-refractivity contribution in [1.82, 2.24) is 15.0 Å². The van der Waals surface area contributed by atoms with Gasteiger partial charge in [-0.1, -0.05) is 0 Å². The number of aromatic nitrogens is 1. The molecule has 0 saturated carbocycles. The van der Waals surface area contributed by atoms with Gasteiger partial charge in [-0.3, -0.25) is 4.79 Å². The Morgan fingerprint density at radius 2 is 2.00 bits per heavy atom. The molecule has 1 rings (SSSR count). The van der Waals surface area contributed by atoms with Crippen molar-refractivity contribution in [1.29, 1.82) is 0 Å². The van der Waals surface area contributed by atoms with Gasteiger partial charge in [0, 0.05) is 18.3 Å². The predicted octanol–water partition coefficient (Wildman–Crippen LogP) is 0.706. The summed E-state index contributed by atoms with van der Waals surface area (Å²) in [6, 6.07) is 2.97. The maximum atomic E-state index is 12.2. The van der Waals surface area contributed by atoms with E-state index in [1.54, 1.807) is 0 Å². The van der Waals surface area contributed by atoms with Gasteiger partial charge in [0.25, 0.3) is 0 Å². The van der Waals surface area contributed by atoms with Crippen molar-refractivity contribution in [3.8, 4) is 0 Å². The standard InChI is InChI=1S/C13H22N4O3S/c1-5-14-12-10(7-6-8-15-12)21(19,20)16-9-11(18)17-13(2,3)4/h6-8,16H,5,9H2,1-4H3,(H,14,15)(H,17,18). The lowest BCUT2D eigenvalue weighted by molar-refractivity contribution is -0.121. The van der Waals surface area contributed by atoms with Gasteiger partial charge in [-0.05, 0) is 39.8 Å². The number of pyridine rings is 1. The van der Waals surface area contributed by atoms with Crippen molar-refractivity contribution in [3.63, 3.8) is 0 Å². The molecule has 0 aromatic carbocycles. The Labute approximate surface area is 125 Å². The Balaban J connectivity index is 2.81. The maximum absolute atomic E-state index is 12.2. The summed E-state index contributed by atoms with van der Waals surface area (Å²) in [6.45, 7) is 7.54. The third kappa shape index (κ3) is 5.68. The molecule has 0 fully saturated rings. The average molecular weight is 314 g/mol. The molecule has 0 aliphatic heterocycles. The summed E-state index contributed by atoms with van der Waals surface area (Å²) in [7, 11) is -3.80. The molecule has 118 valence electrons. The van der Waals surface area contributed by atoms with Crippen molar-refractivity contribution in [2.24, 2.45) is 0 Å². The van der Waals surface area contributed by atoms with Crippen molar-refractivity contribution in [3.05, 3.63) is 18.3 Å². The molecule has 0 saturated heterocycles. The number of carbonyl (C=O) groups excluding carboxylic acids is 1. The van der Waals surface area contributed by atoms with E-state index in [1.165, 1.54) is 18.3 Å². The fourth-order valence-corrected chi connectivity index (χ4v) is 2.72.